The lowest BCUT2D eigenvalue weighted by Crippen LogP contribution is -2.16. The largest absolute Gasteiger partial charge is 0.481 e. The van der Waals surface area contributed by atoms with Crippen molar-refractivity contribution in [1.29, 1.82) is 0 Å². The van der Waals surface area contributed by atoms with Crippen molar-refractivity contribution in [3.05, 3.63) is 11.7 Å². The predicted octanol–water partition coefficient (Wildman–Crippen LogP) is 1.76. The van der Waals surface area contributed by atoms with Crippen LogP contribution >= 0.6 is 11.8 Å². The Balaban J connectivity index is 2.73. The van der Waals surface area contributed by atoms with Crippen molar-refractivity contribution in [3.8, 4) is 0 Å². The fourth-order valence-electron chi connectivity index (χ4n) is 1.07. The Bertz CT molecular complexity index is 340. The van der Waals surface area contributed by atoms with Gasteiger partial charge >= 0.3 is 5.97 Å². The molecule has 0 aliphatic heterocycles. The third-order valence-corrected chi connectivity index (χ3v) is 2.83. The molecule has 0 aliphatic rings. The second-order valence-electron chi connectivity index (χ2n) is 3.40. The zero-order valence-corrected chi connectivity index (χ0v) is 9.74. The van der Waals surface area contributed by atoms with Crippen molar-refractivity contribution >= 4 is 17.7 Å². The summed E-state index contributed by atoms with van der Waals surface area (Å²) in [6.07, 6.45) is 1.94. The minimum Gasteiger partial charge on any atom is -0.481 e. The zero-order valence-electron chi connectivity index (χ0n) is 8.93. The lowest BCUT2D eigenvalue weighted by Gasteiger charge is -2.10. The highest BCUT2D eigenvalue weighted by Crippen LogP contribution is 2.23. The molecule has 1 heterocycles. The van der Waals surface area contributed by atoms with Gasteiger partial charge in [0.25, 0.3) is 0 Å². The highest BCUT2D eigenvalue weighted by molar-refractivity contribution is 7.97. The quantitative estimate of drug-likeness (QED) is 0.830. The topological polar surface area (TPSA) is 76.2 Å². The molecule has 0 aromatic carbocycles. The number of nitrogens with zero attached hydrogens (tertiary/aromatic N) is 2. The monoisotopic (exact) mass is 230 g/mol. The van der Waals surface area contributed by atoms with Gasteiger partial charge in [-0.05, 0) is 6.26 Å². The zero-order chi connectivity index (χ0) is 11.4. The van der Waals surface area contributed by atoms with E-state index in [1.54, 1.807) is 25.6 Å². The molecule has 2 atom stereocenters. The number of aromatic nitrogens is 2. The van der Waals surface area contributed by atoms with E-state index in [4.69, 9.17) is 9.63 Å². The van der Waals surface area contributed by atoms with Gasteiger partial charge in [0.1, 0.15) is 0 Å². The SMILES string of the molecule is CSCc1noc(C(C)C(C)C(=O)O)n1. The van der Waals surface area contributed by atoms with Crippen LogP contribution in [0.15, 0.2) is 4.52 Å². The molecule has 0 bridgehead atoms. The Morgan fingerprint density at radius 3 is 2.80 bits per heavy atom. The molecule has 84 valence electrons. The van der Waals surface area contributed by atoms with Gasteiger partial charge in [0, 0.05) is 5.92 Å². The van der Waals surface area contributed by atoms with Crippen LogP contribution in [0.25, 0.3) is 0 Å². The number of hydrogen-bond donors (Lipinski definition) is 1. The standard InChI is InChI=1S/C9H14N2O3S/c1-5(6(2)9(12)13)8-10-7(4-15-3)11-14-8/h5-6H,4H2,1-3H3,(H,12,13). The Labute approximate surface area is 92.2 Å². The van der Waals surface area contributed by atoms with Crippen LogP contribution in [0.3, 0.4) is 0 Å². The Morgan fingerprint density at radius 2 is 2.27 bits per heavy atom. The van der Waals surface area contributed by atoms with E-state index in [0.29, 0.717) is 17.5 Å². The summed E-state index contributed by atoms with van der Waals surface area (Å²) in [7, 11) is 0. The minimum atomic E-state index is -0.855. The molecule has 0 saturated carbocycles. The van der Waals surface area contributed by atoms with E-state index in [2.05, 4.69) is 10.1 Å². The van der Waals surface area contributed by atoms with Crippen molar-refractivity contribution in [2.45, 2.75) is 25.5 Å². The predicted molar refractivity (Wildman–Crippen MR) is 56.7 cm³/mol. The van der Waals surface area contributed by atoms with Gasteiger partial charge < -0.3 is 9.63 Å². The van der Waals surface area contributed by atoms with Crippen LogP contribution in [0.5, 0.6) is 0 Å². The number of rotatable bonds is 5. The summed E-state index contributed by atoms with van der Waals surface area (Å²) < 4.78 is 5.01. The maximum Gasteiger partial charge on any atom is 0.307 e. The number of aliphatic carboxylic acids is 1. The molecule has 0 radical (unpaired) electrons. The van der Waals surface area contributed by atoms with Gasteiger partial charge in [-0.15, -0.1) is 0 Å². The first-order valence-corrected chi connectivity index (χ1v) is 5.99. The van der Waals surface area contributed by atoms with Crippen LogP contribution in [0.1, 0.15) is 31.5 Å². The molecule has 0 spiro atoms. The summed E-state index contributed by atoms with van der Waals surface area (Å²) in [6.45, 7) is 3.40. The third-order valence-electron chi connectivity index (χ3n) is 2.29. The van der Waals surface area contributed by atoms with Crippen molar-refractivity contribution in [2.75, 3.05) is 6.26 Å². The lowest BCUT2D eigenvalue weighted by atomic mass is 9.96. The average Bonchev–Trinajstić information content (AvgIpc) is 2.64. The summed E-state index contributed by atoms with van der Waals surface area (Å²) in [5.74, 6) is 0.0543. The van der Waals surface area contributed by atoms with Crippen molar-refractivity contribution in [3.63, 3.8) is 0 Å². The van der Waals surface area contributed by atoms with Crippen molar-refractivity contribution in [2.24, 2.45) is 5.92 Å². The fraction of sp³-hybridized carbons (Fsp3) is 0.667. The molecule has 6 heteroatoms. The van der Waals surface area contributed by atoms with Gasteiger partial charge in [-0.3, -0.25) is 4.79 Å². The molecule has 0 fully saturated rings. The Kier molecular flexibility index (Phi) is 4.14. The summed E-state index contributed by atoms with van der Waals surface area (Å²) in [4.78, 5) is 14.9. The molecular formula is C9H14N2O3S. The van der Waals surface area contributed by atoms with Crippen LogP contribution in [0.4, 0.5) is 0 Å². The van der Waals surface area contributed by atoms with Gasteiger partial charge in [0.05, 0.1) is 11.7 Å². The average molecular weight is 230 g/mol. The van der Waals surface area contributed by atoms with Crippen LogP contribution in [-0.4, -0.2) is 27.5 Å². The van der Waals surface area contributed by atoms with Gasteiger partial charge in [-0.25, -0.2) is 0 Å². The first-order valence-electron chi connectivity index (χ1n) is 4.60. The number of carbonyl (C=O) groups is 1. The van der Waals surface area contributed by atoms with Gasteiger partial charge in [0.15, 0.2) is 5.82 Å². The molecule has 0 amide bonds. The normalized spacial score (nSPS) is 14.9. The van der Waals surface area contributed by atoms with Crippen LogP contribution in [-0.2, 0) is 10.5 Å². The minimum absolute atomic E-state index is 0.259. The molecular weight excluding hydrogens is 216 g/mol. The number of thioether (sulfide) groups is 1. The molecule has 0 aliphatic carbocycles. The van der Waals surface area contributed by atoms with Crippen LogP contribution in [0.2, 0.25) is 0 Å². The molecule has 5 nitrogen and oxygen atoms in total. The van der Waals surface area contributed by atoms with Crippen LogP contribution in [0, 0.1) is 5.92 Å². The maximum absolute atomic E-state index is 10.8. The van der Waals surface area contributed by atoms with E-state index in [1.807, 2.05) is 6.26 Å². The van der Waals surface area contributed by atoms with E-state index in [1.165, 1.54) is 0 Å². The highest BCUT2D eigenvalue weighted by atomic mass is 32.2. The summed E-state index contributed by atoms with van der Waals surface area (Å²) in [6, 6.07) is 0. The summed E-state index contributed by atoms with van der Waals surface area (Å²) in [5.41, 5.74) is 0. The van der Waals surface area contributed by atoms with Crippen LogP contribution < -0.4 is 0 Å². The smallest absolute Gasteiger partial charge is 0.307 e. The molecule has 2 unspecified atom stereocenters. The van der Waals surface area contributed by atoms with E-state index in [9.17, 15) is 4.79 Å². The van der Waals surface area contributed by atoms with E-state index in [0.717, 1.165) is 0 Å². The second-order valence-corrected chi connectivity index (χ2v) is 4.26. The molecule has 15 heavy (non-hydrogen) atoms. The Hall–Kier alpha value is -1.04. The molecule has 1 rings (SSSR count). The van der Waals surface area contributed by atoms with E-state index < -0.39 is 11.9 Å². The number of carboxylic acids is 1. The molecule has 1 aromatic heterocycles. The number of carboxylic acid groups (broad SMARTS) is 1. The Morgan fingerprint density at radius 1 is 1.60 bits per heavy atom. The van der Waals surface area contributed by atoms with Gasteiger partial charge in [0.2, 0.25) is 5.89 Å². The van der Waals surface area contributed by atoms with Crippen molar-refractivity contribution in [1.82, 2.24) is 10.1 Å². The van der Waals surface area contributed by atoms with Crippen molar-refractivity contribution < 1.29 is 14.4 Å². The molecule has 1 N–H and O–H groups in total. The van der Waals surface area contributed by atoms with Gasteiger partial charge in [-0.1, -0.05) is 19.0 Å². The first kappa shape index (κ1) is 12.0. The third kappa shape index (κ3) is 2.95. The molecule has 0 saturated heterocycles. The van der Waals surface area contributed by atoms with Gasteiger partial charge in [-0.2, -0.15) is 16.7 Å². The second kappa shape index (κ2) is 5.16. The first-order chi connectivity index (χ1) is 7.06. The summed E-state index contributed by atoms with van der Waals surface area (Å²) in [5, 5.41) is 12.6. The summed E-state index contributed by atoms with van der Waals surface area (Å²) >= 11 is 1.59. The van der Waals surface area contributed by atoms with E-state index in [-0.39, 0.29) is 5.92 Å². The lowest BCUT2D eigenvalue weighted by molar-refractivity contribution is -0.141. The van der Waals surface area contributed by atoms with E-state index >= 15 is 0 Å². The fourth-order valence-corrected chi connectivity index (χ4v) is 1.44. The molecule has 1 aromatic rings. The highest BCUT2D eigenvalue weighted by Gasteiger charge is 2.25. The maximum atomic E-state index is 10.8. The number of hydrogen-bond acceptors (Lipinski definition) is 5.